The van der Waals surface area contributed by atoms with Gasteiger partial charge in [-0.3, -0.25) is 4.40 Å². The minimum absolute atomic E-state index is 0.315. The van der Waals surface area contributed by atoms with Gasteiger partial charge in [-0.25, -0.2) is 14.6 Å². The summed E-state index contributed by atoms with van der Waals surface area (Å²) >= 11 is 1.53. The van der Waals surface area contributed by atoms with Gasteiger partial charge in [-0.15, -0.1) is 11.3 Å². The summed E-state index contributed by atoms with van der Waals surface area (Å²) in [5, 5.41) is 7.44. The van der Waals surface area contributed by atoms with Crippen molar-refractivity contribution in [3.63, 3.8) is 0 Å². The number of anilines is 1. The average Bonchev–Trinajstić information content (AvgIpc) is 3.15. The molecular weight excluding hydrogens is 328 g/mol. The van der Waals surface area contributed by atoms with Gasteiger partial charge >= 0.3 is 12.0 Å². The second-order valence-electron chi connectivity index (χ2n) is 5.15. The van der Waals surface area contributed by atoms with E-state index in [-0.39, 0.29) is 6.03 Å². The van der Waals surface area contributed by atoms with Crippen LogP contribution in [0.25, 0.3) is 4.96 Å². The smallest absolute Gasteiger partial charge is 0.337 e. The number of amides is 2. The highest BCUT2D eigenvalue weighted by Gasteiger charge is 2.11. The van der Waals surface area contributed by atoms with Crippen molar-refractivity contribution in [2.24, 2.45) is 0 Å². The van der Waals surface area contributed by atoms with Gasteiger partial charge in [-0.1, -0.05) is 6.07 Å². The van der Waals surface area contributed by atoms with E-state index < -0.39 is 5.97 Å². The third kappa shape index (κ3) is 3.38. The third-order valence-corrected chi connectivity index (χ3v) is 4.25. The van der Waals surface area contributed by atoms with Gasteiger partial charge in [0.05, 0.1) is 24.9 Å². The summed E-state index contributed by atoms with van der Waals surface area (Å²) in [6.07, 6.45) is 3.79. The van der Waals surface area contributed by atoms with Crippen LogP contribution in [0.3, 0.4) is 0 Å². The number of nitrogens with one attached hydrogen (secondary N) is 2. The molecule has 0 atom stereocenters. The van der Waals surface area contributed by atoms with E-state index in [1.165, 1.54) is 18.4 Å². The second kappa shape index (κ2) is 6.71. The van der Waals surface area contributed by atoms with Crippen LogP contribution in [0.5, 0.6) is 0 Å². The SMILES string of the molecule is COC(=O)c1ccc(C)c(NC(=O)NCc2cn3ccsc3n2)c1. The number of aryl methyl sites for hydroxylation is 1. The van der Waals surface area contributed by atoms with Crippen molar-refractivity contribution < 1.29 is 14.3 Å². The Bertz CT molecular complexity index is 871. The van der Waals surface area contributed by atoms with Crippen molar-refractivity contribution in [1.82, 2.24) is 14.7 Å². The van der Waals surface area contributed by atoms with Crippen LogP contribution in [-0.4, -0.2) is 28.5 Å². The van der Waals surface area contributed by atoms with Crippen molar-refractivity contribution in [3.8, 4) is 0 Å². The number of carbonyl (C=O) groups excluding carboxylic acids is 2. The normalized spacial score (nSPS) is 10.6. The van der Waals surface area contributed by atoms with Crippen LogP contribution in [0.15, 0.2) is 36.0 Å². The van der Waals surface area contributed by atoms with E-state index in [0.29, 0.717) is 17.8 Å². The highest BCUT2D eigenvalue weighted by atomic mass is 32.1. The molecule has 0 aliphatic rings. The molecule has 2 N–H and O–H groups in total. The number of hydrogen-bond acceptors (Lipinski definition) is 5. The van der Waals surface area contributed by atoms with Gasteiger partial charge in [0.2, 0.25) is 0 Å². The number of thiazole rings is 1. The lowest BCUT2D eigenvalue weighted by Gasteiger charge is -2.10. The highest BCUT2D eigenvalue weighted by molar-refractivity contribution is 7.15. The lowest BCUT2D eigenvalue weighted by atomic mass is 10.1. The number of benzene rings is 1. The molecule has 7 nitrogen and oxygen atoms in total. The molecule has 0 radical (unpaired) electrons. The zero-order chi connectivity index (χ0) is 17.1. The Morgan fingerprint density at radius 1 is 1.38 bits per heavy atom. The molecule has 3 rings (SSSR count). The molecule has 0 aliphatic carbocycles. The molecule has 24 heavy (non-hydrogen) atoms. The fraction of sp³-hybridized carbons (Fsp3) is 0.188. The summed E-state index contributed by atoms with van der Waals surface area (Å²) in [6.45, 7) is 2.16. The van der Waals surface area contributed by atoms with Crippen LogP contribution in [0, 0.1) is 6.92 Å². The van der Waals surface area contributed by atoms with E-state index in [1.54, 1.807) is 18.2 Å². The minimum Gasteiger partial charge on any atom is -0.465 e. The number of aromatic nitrogens is 2. The van der Waals surface area contributed by atoms with Gasteiger partial charge in [0.15, 0.2) is 4.96 Å². The number of rotatable bonds is 4. The Kier molecular flexibility index (Phi) is 4.48. The lowest BCUT2D eigenvalue weighted by Crippen LogP contribution is -2.28. The average molecular weight is 344 g/mol. The van der Waals surface area contributed by atoms with Crippen LogP contribution < -0.4 is 10.6 Å². The standard InChI is InChI=1S/C16H16N4O3S/c1-10-3-4-11(14(21)23-2)7-13(10)19-15(22)17-8-12-9-20-5-6-24-16(20)18-12/h3-7,9H,8H2,1-2H3,(H2,17,19,22). The molecule has 8 heteroatoms. The lowest BCUT2D eigenvalue weighted by molar-refractivity contribution is 0.0600. The summed E-state index contributed by atoms with van der Waals surface area (Å²) in [7, 11) is 1.32. The van der Waals surface area contributed by atoms with Crippen molar-refractivity contribution in [2.75, 3.05) is 12.4 Å². The number of nitrogens with zero attached hydrogens (tertiary/aromatic N) is 2. The Hall–Kier alpha value is -2.87. The van der Waals surface area contributed by atoms with Crippen molar-refractivity contribution in [2.45, 2.75) is 13.5 Å². The van der Waals surface area contributed by atoms with Crippen molar-refractivity contribution in [3.05, 3.63) is 52.8 Å². The molecule has 2 amide bonds. The number of carbonyl (C=O) groups is 2. The van der Waals surface area contributed by atoms with Gasteiger partial charge in [0, 0.05) is 23.5 Å². The first-order chi connectivity index (χ1) is 11.6. The largest absolute Gasteiger partial charge is 0.465 e. The van der Waals surface area contributed by atoms with E-state index in [4.69, 9.17) is 0 Å². The van der Waals surface area contributed by atoms with Gasteiger partial charge in [0.1, 0.15) is 0 Å². The van der Waals surface area contributed by atoms with Gasteiger partial charge in [-0.05, 0) is 24.6 Å². The topological polar surface area (TPSA) is 84.7 Å². The third-order valence-electron chi connectivity index (χ3n) is 3.48. The highest BCUT2D eigenvalue weighted by Crippen LogP contribution is 2.17. The second-order valence-corrected chi connectivity index (χ2v) is 6.03. The molecule has 0 unspecified atom stereocenters. The predicted molar refractivity (Wildman–Crippen MR) is 91.4 cm³/mol. The van der Waals surface area contributed by atoms with Crippen LogP contribution in [0.1, 0.15) is 21.6 Å². The van der Waals surface area contributed by atoms with E-state index in [0.717, 1.165) is 16.2 Å². The molecule has 0 saturated carbocycles. The van der Waals surface area contributed by atoms with Crippen molar-refractivity contribution in [1.29, 1.82) is 0 Å². The van der Waals surface area contributed by atoms with E-state index >= 15 is 0 Å². The number of fused-ring (bicyclic) bond motifs is 1. The van der Waals surface area contributed by atoms with Gasteiger partial charge in [0.25, 0.3) is 0 Å². The van der Waals surface area contributed by atoms with Crippen LogP contribution in [0.2, 0.25) is 0 Å². The van der Waals surface area contributed by atoms with Crippen molar-refractivity contribution >= 4 is 34.0 Å². The van der Waals surface area contributed by atoms with E-state index in [2.05, 4.69) is 20.4 Å². The molecule has 2 aromatic heterocycles. The molecular formula is C16H16N4O3S. The van der Waals surface area contributed by atoms with Crippen LogP contribution in [-0.2, 0) is 11.3 Å². The van der Waals surface area contributed by atoms with E-state index in [9.17, 15) is 9.59 Å². The maximum Gasteiger partial charge on any atom is 0.337 e. The summed E-state index contributed by atoms with van der Waals surface area (Å²) in [4.78, 5) is 28.9. The summed E-state index contributed by atoms with van der Waals surface area (Å²) < 4.78 is 6.59. The Morgan fingerprint density at radius 2 is 2.21 bits per heavy atom. The number of imidazole rings is 1. The number of ether oxygens (including phenoxy) is 1. The zero-order valence-electron chi connectivity index (χ0n) is 13.2. The molecule has 2 heterocycles. The van der Waals surface area contributed by atoms with Gasteiger partial charge in [-0.2, -0.15) is 0 Å². The van der Waals surface area contributed by atoms with Gasteiger partial charge < -0.3 is 15.4 Å². The summed E-state index contributed by atoms with van der Waals surface area (Å²) in [5.41, 5.74) is 2.56. The molecule has 124 valence electrons. The number of esters is 1. The number of hydrogen-bond donors (Lipinski definition) is 2. The predicted octanol–water partition coefficient (Wildman–Crippen LogP) is 2.81. The Labute approximate surface area is 142 Å². The number of methoxy groups -OCH3 is 1. The molecule has 0 saturated heterocycles. The summed E-state index contributed by atoms with van der Waals surface area (Å²) in [6, 6.07) is 4.64. The minimum atomic E-state index is -0.448. The maximum atomic E-state index is 12.1. The fourth-order valence-corrected chi connectivity index (χ4v) is 2.92. The van der Waals surface area contributed by atoms with Crippen LogP contribution in [0.4, 0.5) is 10.5 Å². The van der Waals surface area contributed by atoms with E-state index in [1.807, 2.05) is 29.1 Å². The molecule has 0 spiro atoms. The quantitative estimate of drug-likeness (QED) is 0.713. The first-order valence-electron chi connectivity index (χ1n) is 7.21. The first-order valence-corrected chi connectivity index (χ1v) is 8.09. The molecule has 3 aromatic rings. The molecule has 0 bridgehead atoms. The summed E-state index contributed by atoms with van der Waals surface area (Å²) in [5.74, 6) is -0.448. The number of urea groups is 1. The molecule has 0 fully saturated rings. The Morgan fingerprint density at radius 3 is 2.96 bits per heavy atom. The molecule has 1 aromatic carbocycles. The first kappa shape index (κ1) is 16.0. The maximum absolute atomic E-state index is 12.1. The Balaban J connectivity index is 1.63. The van der Waals surface area contributed by atoms with Crippen LogP contribution >= 0.6 is 11.3 Å². The molecule has 0 aliphatic heterocycles. The monoisotopic (exact) mass is 344 g/mol. The fourth-order valence-electron chi connectivity index (χ4n) is 2.20. The zero-order valence-corrected chi connectivity index (χ0v) is 14.0.